The van der Waals surface area contributed by atoms with Crippen molar-refractivity contribution >= 4 is 62.4 Å². The first-order valence-corrected chi connectivity index (χ1v) is 21.4. The molecule has 1 aliphatic rings. The Balaban J connectivity index is 1.07. The van der Waals surface area contributed by atoms with Gasteiger partial charge >= 0.3 is 6.09 Å². The van der Waals surface area contributed by atoms with Crippen molar-refractivity contribution in [2.75, 3.05) is 55.7 Å². The van der Waals surface area contributed by atoms with Crippen LogP contribution in [0.1, 0.15) is 22.3 Å². The summed E-state index contributed by atoms with van der Waals surface area (Å²) in [6.07, 6.45) is -0.780. The maximum atomic E-state index is 13.4. The minimum atomic E-state index is -4.50. The van der Waals surface area contributed by atoms with Crippen LogP contribution < -0.4 is 14.9 Å². The maximum Gasteiger partial charge on any atom is 0.407 e. The van der Waals surface area contributed by atoms with Gasteiger partial charge in [0.15, 0.2) is 0 Å². The Morgan fingerprint density at radius 2 is 1.59 bits per heavy atom. The lowest BCUT2D eigenvalue weighted by Gasteiger charge is -2.36. The molecule has 6 rings (SSSR count). The largest absolute Gasteiger partial charge is 0.465 e. The fourth-order valence-corrected chi connectivity index (χ4v) is 8.68. The first-order chi connectivity index (χ1) is 27.9. The van der Waals surface area contributed by atoms with Gasteiger partial charge in [0.2, 0.25) is 0 Å². The number of amides is 2. The van der Waals surface area contributed by atoms with E-state index in [1.165, 1.54) is 42.1 Å². The van der Waals surface area contributed by atoms with E-state index in [1.54, 1.807) is 24.3 Å². The molecule has 1 fully saturated rings. The molecule has 1 saturated heterocycles. The molecule has 1 aliphatic heterocycles. The van der Waals surface area contributed by atoms with Crippen molar-refractivity contribution in [3.8, 4) is 11.1 Å². The van der Waals surface area contributed by atoms with Crippen molar-refractivity contribution in [3.05, 3.63) is 148 Å². The van der Waals surface area contributed by atoms with E-state index in [1.807, 2.05) is 71.5 Å². The van der Waals surface area contributed by atoms with Crippen LogP contribution in [0.3, 0.4) is 0 Å². The number of hydrogen-bond acceptors (Lipinski definition) is 10. The molecule has 13 nitrogen and oxygen atoms in total. The Hall–Kier alpha value is -5.61. The number of thioether (sulfide) groups is 1. The van der Waals surface area contributed by atoms with Crippen molar-refractivity contribution in [2.24, 2.45) is 0 Å². The van der Waals surface area contributed by atoms with Crippen LogP contribution in [-0.4, -0.2) is 91.8 Å². The Morgan fingerprint density at radius 1 is 0.914 bits per heavy atom. The average Bonchev–Trinajstić information content (AvgIpc) is 3.22. The topological polar surface area (TPSA) is 165 Å². The van der Waals surface area contributed by atoms with Crippen molar-refractivity contribution in [2.45, 2.75) is 28.8 Å². The number of sulfonamides is 1. The number of piperazine rings is 1. The zero-order chi connectivity index (χ0) is 41.2. The third kappa shape index (κ3) is 11.1. The number of nitro groups is 1. The summed E-state index contributed by atoms with van der Waals surface area (Å²) in [7, 11) is -3.07. The second-order valence-corrected chi connectivity index (χ2v) is 17.0. The van der Waals surface area contributed by atoms with Gasteiger partial charge in [0.1, 0.15) is 5.69 Å². The van der Waals surface area contributed by atoms with E-state index in [2.05, 4.69) is 27.2 Å². The van der Waals surface area contributed by atoms with Gasteiger partial charge in [-0.25, -0.2) is 17.9 Å². The zero-order valence-electron chi connectivity index (χ0n) is 31.7. The minimum Gasteiger partial charge on any atom is -0.465 e. The summed E-state index contributed by atoms with van der Waals surface area (Å²) < 4.78 is 28.8. The summed E-state index contributed by atoms with van der Waals surface area (Å²) in [6, 6.07) is 35.3. The van der Waals surface area contributed by atoms with Gasteiger partial charge in [-0.05, 0) is 83.8 Å². The van der Waals surface area contributed by atoms with Crippen molar-refractivity contribution in [1.82, 2.24) is 14.5 Å². The van der Waals surface area contributed by atoms with Crippen LogP contribution in [0.5, 0.6) is 0 Å². The fourth-order valence-electron chi connectivity index (χ4n) is 6.57. The van der Waals surface area contributed by atoms with Gasteiger partial charge in [0, 0.05) is 85.3 Å². The summed E-state index contributed by atoms with van der Waals surface area (Å²) in [4.78, 5) is 42.3. The molecule has 16 heteroatoms. The predicted octanol–water partition coefficient (Wildman–Crippen LogP) is 7.93. The number of halogens is 1. The van der Waals surface area contributed by atoms with Crippen LogP contribution in [0, 0.1) is 10.1 Å². The molecule has 0 bridgehead atoms. The predicted molar refractivity (Wildman–Crippen MR) is 228 cm³/mol. The molecule has 5 aromatic rings. The third-order valence-electron chi connectivity index (χ3n) is 9.83. The number of nitrogens with zero attached hydrogens (tertiary/aromatic N) is 4. The summed E-state index contributed by atoms with van der Waals surface area (Å²) in [5.74, 6) is -0.429. The SMILES string of the molecule is CN(CCC(CSc1ccccc1)Nc1ccc(S(=O)(=O)NC(=O)c2ccc(N3CCN(Cc4ccccc4-c4ccc(Cl)cc4)CC3)cc2)cc1[N+](=O)[O-])C(=O)O. The Morgan fingerprint density at radius 3 is 2.26 bits per heavy atom. The standard InChI is InChI=1S/C42H43ClN6O7S2/c1-46(42(51)52)22-21-34(29-57-36-8-3-2-4-9-36)44-39-20-19-37(27-40(39)49(53)54)58(55,56)45-41(50)31-13-17-35(18-14-31)48-25-23-47(24-26-48)28-32-7-5-6-10-38(32)30-11-15-33(43)16-12-30/h2-20,27,34,44H,21-26,28-29H2,1H3,(H,45,50)(H,51,52). The van der Waals surface area contributed by atoms with Crippen molar-refractivity contribution in [1.29, 1.82) is 0 Å². The smallest absolute Gasteiger partial charge is 0.407 e. The quantitative estimate of drug-likeness (QED) is 0.0502. The number of anilines is 2. The Bertz CT molecular complexity index is 2330. The van der Waals surface area contributed by atoms with Gasteiger partial charge in [-0.2, -0.15) is 0 Å². The number of carbonyl (C=O) groups excluding carboxylic acids is 1. The van der Waals surface area contributed by atoms with Crippen LogP contribution in [0.15, 0.2) is 131 Å². The number of hydrogen-bond donors (Lipinski definition) is 3. The minimum absolute atomic E-state index is 0.0612. The molecule has 1 unspecified atom stereocenters. The number of carboxylic acid groups (broad SMARTS) is 1. The second kappa shape index (κ2) is 19.2. The van der Waals surface area contributed by atoms with E-state index in [4.69, 9.17) is 11.6 Å². The summed E-state index contributed by atoms with van der Waals surface area (Å²) >= 11 is 7.60. The van der Waals surface area contributed by atoms with Crippen LogP contribution in [0.25, 0.3) is 11.1 Å². The van der Waals surface area contributed by atoms with Crippen molar-refractivity contribution < 1.29 is 28.0 Å². The molecule has 0 saturated carbocycles. The van der Waals surface area contributed by atoms with E-state index in [9.17, 15) is 33.2 Å². The molecule has 1 atom stereocenters. The lowest BCUT2D eigenvalue weighted by Crippen LogP contribution is -2.46. The molecule has 3 N–H and O–H groups in total. The molecule has 0 aliphatic carbocycles. The highest BCUT2D eigenvalue weighted by Crippen LogP contribution is 2.31. The van der Waals surface area contributed by atoms with Gasteiger partial charge in [-0.3, -0.25) is 19.8 Å². The number of nitro benzene ring substituents is 1. The molecule has 1 heterocycles. The summed E-state index contributed by atoms with van der Waals surface area (Å²) in [5.41, 5.74) is 4.07. The zero-order valence-corrected chi connectivity index (χ0v) is 34.1. The van der Waals surface area contributed by atoms with E-state index in [0.717, 1.165) is 59.8 Å². The monoisotopic (exact) mass is 842 g/mol. The molecule has 2 amide bonds. The molecule has 5 aromatic carbocycles. The highest BCUT2D eigenvalue weighted by Gasteiger charge is 2.26. The van der Waals surface area contributed by atoms with Gasteiger partial charge in [-0.15, -0.1) is 11.8 Å². The molecule has 0 radical (unpaired) electrons. The second-order valence-electron chi connectivity index (χ2n) is 13.8. The van der Waals surface area contributed by atoms with Gasteiger partial charge in [0.05, 0.1) is 9.82 Å². The normalized spacial score (nSPS) is 13.7. The lowest BCUT2D eigenvalue weighted by atomic mass is 9.99. The number of nitrogens with one attached hydrogen (secondary N) is 2. The maximum absolute atomic E-state index is 13.4. The number of carbonyl (C=O) groups is 2. The average molecular weight is 843 g/mol. The van der Waals surface area contributed by atoms with E-state index < -0.39 is 43.6 Å². The van der Waals surface area contributed by atoms with E-state index in [-0.39, 0.29) is 17.8 Å². The van der Waals surface area contributed by atoms with Crippen LogP contribution >= 0.6 is 23.4 Å². The van der Waals surface area contributed by atoms with Crippen molar-refractivity contribution in [3.63, 3.8) is 0 Å². The Kier molecular flexibility index (Phi) is 13.9. The third-order valence-corrected chi connectivity index (χ3v) is 12.6. The molecular formula is C42H43ClN6O7S2. The lowest BCUT2D eigenvalue weighted by molar-refractivity contribution is -0.384. The summed E-state index contributed by atoms with van der Waals surface area (Å²) in [5, 5.41) is 25.3. The molecule has 0 aromatic heterocycles. The molecular weight excluding hydrogens is 800 g/mol. The number of benzene rings is 5. The molecule has 302 valence electrons. The fraction of sp³-hybridized carbons (Fsp3) is 0.238. The van der Waals surface area contributed by atoms with E-state index in [0.29, 0.717) is 17.2 Å². The van der Waals surface area contributed by atoms with E-state index >= 15 is 0 Å². The number of rotatable bonds is 16. The first-order valence-electron chi connectivity index (χ1n) is 18.5. The van der Waals surface area contributed by atoms with Crippen LogP contribution in [0.4, 0.5) is 21.9 Å². The summed E-state index contributed by atoms with van der Waals surface area (Å²) in [6.45, 7) is 4.13. The van der Waals surface area contributed by atoms with Crippen LogP contribution in [-0.2, 0) is 16.6 Å². The van der Waals surface area contributed by atoms with Gasteiger partial charge in [-0.1, -0.05) is 66.2 Å². The first kappa shape index (κ1) is 42.0. The van der Waals surface area contributed by atoms with Gasteiger partial charge in [0.25, 0.3) is 21.6 Å². The Labute approximate surface area is 346 Å². The molecule has 58 heavy (non-hydrogen) atoms. The van der Waals surface area contributed by atoms with Crippen LogP contribution in [0.2, 0.25) is 5.02 Å². The van der Waals surface area contributed by atoms with Gasteiger partial charge < -0.3 is 20.2 Å². The molecule has 0 spiro atoms. The highest BCUT2D eigenvalue weighted by molar-refractivity contribution is 7.99. The highest BCUT2D eigenvalue weighted by atomic mass is 35.5.